The summed E-state index contributed by atoms with van der Waals surface area (Å²) in [6.45, 7) is 6.03. The zero-order valence-corrected chi connectivity index (χ0v) is 46.9. The smallest absolute Gasteiger partial charge is 0.365 e. The lowest BCUT2D eigenvalue weighted by molar-refractivity contribution is -0.408. The number of aliphatic hydroxyl groups is 2. The molecule has 6 aromatic carbocycles. The van der Waals surface area contributed by atoms with E-state index in [2.05, 4.69) is 11.5 Å². The fraction of sp³-hybridized carbons (Fsp3) is 0.304. The summed E-state index contributed by atoms with van der Waals surface area (Å²) < 4.78 is 103. The van der Waals surface area contributed by atoms with Gasteiger partial charge in [-0.15, -0.1) is 0 Å². The van der Waals surface area contributed by atoms with Gasteiger partial charge in [0.05, 0.1) is 41.1 Å². The predicted molar refractivity (Wildman–Crippen MR) is 293 cm³/mol. The van der Waals surface area contributed by atoms with Gasteiger partial charge in [0.2, 0.25) is 0 Å². The molecule has 0 saturated heterocycles. The van der Waals surface area contributed by atoms with E-state index in [1.807, 2.05) is 112 Å². The van der Waals surface area contributed by atoms with Crippen LogP contribution in [0.1, 0.15) is 59.1 Å². The van der Waals surface area contributed by atoms with E-state index in [0.717, 1.165) is 59.1 Å². The van der Waals surface area contributed by atoms with Crippen molar-refractivity contribution >= 4 is 48.3 Å². The van der Waals surface area contributed by atoms with Crippen molar-refractivity contribution in [3.05, 3.63) is 197 Å². The second-order valence-corrected chi connectivity index (χ2v) is 21.6. The Morgan fingerprint density at radius 2 is 0.759 bits per heavy atom. The van der Waals surface area contributed by atoms with E-state index in [1.54, 1.807) is 36.4 Å². The number of ether oxygens (including phenoxy) is 2. The molecule has 0 saturated carbocycles. The lowest BCUT2D eigenvalue weighted by Crippen LogP contribution is -2.66. The highest BCUT2D eigenvalue weighted by Crippen LogP contribution is 2.12. The van der Waals surface area contributed by atoms with Gasteiger partial charge < -0.3 is 51.1 Å². The normalized spacial score (nSPS) is 11.9. The van der Waals surface area contributed by atoms with Crippen molar-refractivity contribution in [2.24, 2.45) is 5.73 Å². The Kier molecular flexibility index (Phi) is 33.8. The number of esters is 2. The number of aliphatic carboxylic acids is 1. The van der Waals surface area contributed by atoms with E-state index in [4.69, 9.17) is 35.1 Å². The number of hydrogen-bond donors (Lipinski definition) is 7. The summed E-state index contributed by atoms with van der Waals surface area (Å²) in [6.07, 6.45) is 4.99. The van der Waals surface area contributed by atoms with Gasteiger partial charge in [0, 0.05) is 12.8 Å². The molecule has 0 radical (unpaired) electrons. The fourth-order valence-electron chi connectivity index (χ4n) is 6.18. The molecule has 0 bridgehead atoms. The lowest BCUT2D eigenvalue weighted by atomic mass is 10.1. The quantitative estimate of drug-likeness (QED) is 0.0323. The van der Waals surface area contributed by atoms with Crippen molar-refractivity contribution in [3.8, 4) is 0 Å². The van der Waals surface area contributed by atoms with Crippen molar-refractivity contribution in [1.29, 1.82) is 0 Å². The second-order valence-electron chi connectivity index (χ2n) is 17.4. The number of carboxylic acids is 1. The summed E-state index contributed by atoms with van der Waals surface area (Å²) in [4.78, 5) is 34.0. The summed E-state index contributed by atoms with van der Waals surface area (Å²) in [5.41, 5.74) is 19.1. The van der Waals surface area contributed by atoms with Crippen molar-refractivity contribution < 1.29 is 89.6 Å². The van der Waals surface area contributed by atoms with Crippen molar-refractivity contribution in [1.82, 2.24) is 0 Å². The Hall–Kier alpha value is -6.74. The Balaban J connectivity index is 0.000000528. The molecule has 0 heterocycles. The SMILES string of the molecule is Cc1ccc(S(=O)(=O)O)cc1.Cc1ccc(S(=O)(=O)[O-])cc1.Cc1ccc(S(=O)(=O)[O-])cc1.NC(Cc1ccccc1)C(=O)O.OCCO.[NH3+]C(Cc1ccccc1)C(=O)OCCCCCCOC(=O)C([NH3+])Cc1ccccc1. The van der Waals surface area contributed by atoms with Crippen LogP contribution in [0.4, 0.5) is 0 Å². The van der Waals surface area contributed by atoms with Crippen LogP contribution in [0.3, 0.4) is 0 Å². The van der Waals surface area contributed by atoms with E-state index in [0.29, 0.717) is 32.5 Å². The van der Waals surface area contributed by atoms with Crippen LogP contribution in [-0.4, -0.2) is 117 Å². The minimum Gasteiger partial charge on any atom is -0.744 e. The van der Waals surface area contributed by atoms with E-state index in [-0.39, 0.29) is 39.8 Å². The highest BCUT2D eigenvalue weighted by Gasteiger charge is 2.20. The van der Waals surface area contributed by atoms with Crippen molar-refractivity contribution in [2.45, 2.75) is 98.5 Å². The Morgan fingerprint density at radius 3 is 1.01 bits per heavy atom. The van der Waals surface area contributed by atoms with Gasteiger partial charge in [0.1, 0.15) is 26.3 Å². The van der Waals surface area contributed by atoms with Gasteiger partial charge >= 0.3 is 17.9 Å². The highest BCUT2D eigenvalue weighted by atomic mass is 32.2. The molecule has 0 aliphatic rings. The summed E-state index contributed by atoms with van der Waals surface area (Å²) in [6, 6.07) is 44.9. The van der Waals surface area contributed by atoms with Gasteiger partial charge in [-0.05, 0) is 106 Å². The molecule has 20 nitrogen and oxygen atoms in total. The fourth-order valence-corrected chi connectivity index (χ4v) is 7.60. The monoisotopic (exact) mass is 1160 g/mol. The number of aryl methyl sites for hydroxylation is 3. The maximum absolute atomic E-state index is 12.0. The summed E-state index contributed by atoms with van der Waals surface area (Å²) >= 11 is 0. The Morgan fingerprint density at radius 1 is 0.481 bits per heavy atom. The van der Waals surface area contributed by atoms with Crippen LogP contribution in [0.25, 0.3) is 0 Å². The van der Waals surface area contributed by atoms with Gasteiger partial charge in [-0.1, -0.05) is 144 Å². The second kappa shape index (κ2) is 38.0. The van der Waals surface area contributed by atoms with Gasteiger partial charge in [0.25, 0.3) is 10.1 Å². The zero-order valence-electron chi connectivity index (χ0n) is 44.4. The number of benzene rings is 6. The third-order valence-electron chi connectivity index (χ3n) is 10.5. The van der Waals surface area contributed by atoms with Crippen LogP contribution in [0.2, 0.25) is 0 Å². The number of carboxylic acid groups (broad SMARTS) is 1. The molecule has 0 aromatic heterocycles. The number of carbonyl (C=O) groups is 3. The van der Waals surface area contributed by atoms with Crippen LogP contribution in [-0.2, 0) is 73.5 Å². The Labute approximate surface area is 463 Å². The molecular formula is C56H73N3O17S3. The lowest BCUT2D eigenvalue weighted by Gasteiger charge is -2.10. The molecule has 79 heavy (non-hydrogen) atoms. The molecule has 0 aliphatic carbocycles. The van der Waals surface area contributed by atoms with Crippen LogP contribution in [0.15, 0.2) is 178 Å². The number of quaternary nitrogens is 2. The van der Waals surface area contributed by atoms with E-state index in [1.165, 1.54) is 36.4 Å². The predicted octanol–water partition coefficient (Wildman–Crippen LogP) is 3.99. The standard InChI is InChI=1S/C24H32N2O4.C9H11NO2.3C7H8O3S.C2H6O2/c25-21(17-19-11-5-3-6-12-19)23(27)29-15-9-1-2-10-16-30-24(28)22(26)18-20-13-7-4-8-14-20;10-8(9(11)12)6-7-4-2-1-3-5-7;3*1-6-2-4-7(5-3-6)11(8,9)10;3-1-2-4/h3-8,11-14,21-22H,1-2,9-10,15-18,25-26H2;1-5,8H,6,10H2,(H,11,12);3*2-5H,1H3,(H,8,9,10);3-4H,1-2H2. The topological polar surface area (TPSA) is 380 Å². The molecule has 0 aliphatic heterocycles. The Bertz CT molecular complexity index is 2750. The van der Waals surface area contributed by atoms with Gasteiger partial charge in [-0.3, -0.25) is 9.35 Å². The van der Waals surface area contributed by atoms with Gasteiger partial charge in [0.15, 0.2) is 12.1 Å². The molecule has 0 amide bonds. The minimum atomic E-state index is -4.27. The van der Waals surface area contributed by atoms with Gasteiger partial charge in [-0.25, -0.2) is 26.4 Å². The first-order chi connectivity index (χ1) is 37.2. The van der Waals surface area contributed by atoms with E-state index < -0.39 is 54.4 Å². The molecule has 6 rings (SSSR count). The molecule has 0 fully saturated rings. The molecule has 3 atom stereocenters. The number of carbonyl (C=O) groups excluding carboxylic acids is 2. The number of unbranched alkanes of at least 4 members (excludes halogenated alkanes) is 3. The van der Waals surface area contributed by atoms with Crippen molar-refractivity contribution in [3.63, 3.8) is 0 Å². The number of hydrogen-bond acceptors (Lipinski definition) is 16. The van der Waals surface area contributed by atoms with Crippen LogP contribution < -0.4 is 17.2 Å². The molecular weight excluding hydrogens is 1080 g/mol. The summed E-state index contributed by atoms with van der Waals surface area (Å²) in [5, 5.41) is 23.8. The first kappa shape index (κ1) is 70.3. The maximum atomic E-state index is 12.0. The third-order valence-corrected chi connectivity index (χ3v) is 13.1. The largest absolute Gasteiger partial charge is 0.744 e. The number of nitrogens with two attached hydrogens (primary N) is 1. The van der Waals surface area contributed by atoms with Gasteiger partial charge in [-0.2, -0.15) is 8.42 Å². The van der Waals surface area contributed by atoms with Crippen LogP contribution >= 0.6 is 0 Å². The number of rotatable bonds is 20. The first-order valence-corrected chi connectivity index (χ1v) is 28.8. The molecule has 3 unspecified atom stereocenters. The van der Waals surface area contributed by atoms with Crippen LogP contribution in [0.5, 0.6) is 0 Å². The van der Waals surface area contributed by atoms with E-state index >= 15 is 0 Å². The molecule has 12 N–H and O–H groups in total. The summed E-state index contributed by atoms with van der Waals surface area (Å²) in [5.74, 6) is -1.47. The maximum Gasteiger partial charge on any atom is 0.365 e. The number of aliphatic hydroxyl groups excluding tert-OH is 2. The average Bonchev–Trinajstić information content (AvgIpc) is 3.40. The molecule has 6 aromatic rings. The van der Waals surface area contributed by atoms with Crippen LogP contribution in [0, 0.1) is 20.8 Å². The summed E-state index contributed by atoms with van der Waals surface area (Å²) in [7, 11) is -12.6. The molecule has 432 valence electrons. The minimum absolute atomic E-state index is 0.0666. The third kappa shape index (κ3) is 33.3. The average molecular weight is 1160 g/mol. The zero-order chi connectivity index (χ0) is 59.4. The van der Waals surface area contributed by atoms with E-state index in [9.17, 15) is 48.7 Å². The highest BCUT2D eigenvalue weighted by molar-refractivity contribution is 7.86. The molecule has 0 spiro atoms. The first-order valence-electron chi connectivity index (χ1n) is 24.6. The van der Waals surface area contributed by atoms with Crippen molar-refractivity contribution in [2.75, 3.05) is 26.4 Å². The molecule has 23 heteroatoms.